The molecule has 1 saturated carbocycles. The second-order valence-electron chi connectivity index (χ2n) is 8.92. The lowest BCUT2D eigenvalue weighted by molar-refractivity contribution is -0.137. The van der Waals surface area contributed by atoms with Crippen LogP contribution in [0.3, 0.4) is 0 Å². The van der Waals surface area contributed by atoms with Crippen LogP contribution in [0.25, 0.3) is 0 Å². The maximum Gasteiger partial charge on any atom is 0.416 e. The minimum atomic E-state index is -4.38. The lowest BCUT2D eigenvalue weighted by atomic mass is 9.82. The standard InChI is InChI=1S/C24H26F3N3O/c25-24(26,27)18-6-9-21-17(12-18)13-20(23(31)28-19-7-8-19)22-15-29(10-11-30(21)22)14-16-4-2-1-3-5-16/h1-6,9,12,19-20,22H,7-8,10-11,13-15H2,(H,28,31). The average Bonchev–Trinajstić information content (AvgIpc) is 3.56. The summed E-state index contributed by atoms with van der Waals surface area (Å²) in [6, 6.07) is 14.4. The molecule has 1 saturated heterocycles. The first-order valence-corrected chi connectivity index (χ1v) is 10.9. The number of amides is 1. The summed E-state index contributed by atoms with van der Waals surface area (Å²) in [5.41, 5.74) is 2.04. The molecule has 0 bridgehead atoms. The number of halogens is 3. The molecule has 2 aromatic rings. The van der Waals surface area contributed by atoms with Gasteiger partial charge in [0, 0.05) is 37.9 Å². The smallest absolute Gasteiger partial charge is 0.365 e. The molecule has 2 atom stereocenters. The van der Waals surface area contributed by atoms with Gasteiger partial charge in [0.05, 0.1) is 17.5 Å². The highest BCUT2D eigenvalue weighted by Gasteiger charge is 2.43. The van der Waals surface area contributed by atoms with Crippen molar-refractivity contribution in [1.29, 1.82) is 0 Å². The summed E-state index contributed by atoms with van der Waals surface area (Å²) in [4.78, 5) is 17.6. The highest BCUT2D eigenvalue weighted by molar-refractivity contribution is 5.82. The SMILES string of the molecule is O=C(NC1CC1)C1Cc2cc(C(F)(F)F)ccc2N2CCN(Cc3ccccc3)CC12. The molecule has 0 aromatic heterocycles. The molecule has 0 spiro atoms. The maximum absolute atomic E-state index is 13.3. The zero-order valence-corrected chi connectivity index (χ0v) is 17.2. The van der Waals surface area contributed by atoms with Gasteiger partial charge in [0.15, 0.2) is 0 Å². The van der Waals surface area contributed by atoms with E-state index in [1.807, 2.05) is 18.2 Å². The van der Waals surface area contributed by atoms with E-state index in [-0.39, 0.29) is 23.9 Å². The van der Waals surface area contributed by atoms with Crippen LogP contribution >= 0.6 is 0 Å². The Hall–Kier alpha value is -2.54. The third kappa shape index (κ3) is 4.28. The first kappa shape index (κ1) is 20.4. The number of alkyl halides is 3. The Morgan fingerprint density at radius 1 is 1.06 bits per heavy atom. The van der Waals surface area contributed by atoms with E-state index in [9.17, 15) is 18.0 Å². The fourth-order valence-corrected chi connectivity index (χ4v) is 4.88. The Balaban J connectivity index is 1.42. The van der Waals surface area contributed by atoms with Crippen molar-refractivity contribution >= 4 is 11.6 Å². The lowest BCUT2D eigenvalue weighted by Crippen LogP contribution is -2.61. The van der Waals surface area contributed by atoms with Gasteiger partial charge in [0.1, 0.15) is 0 Å². The highest BCUT2D eigenvalue weighted by atomic mass is 19.4. The van der Waals surface area contributed by atoms with Gasteiger partial charge in [-0.25, -0.2) is 0 Å². The molecule has 164 valence electrons. The van der Waals surface area contributed by atoms with Crippen LogP contribution in [0.1, 0.15) is 29.5 Å². The number of fused-ring (bicyclic) bond motifs is 3. The van der Waals surface area contributed by atoms with Crippen LogP contribution in [-0.4, -0.2) is 42.5 Å². The van der Waals surface area contributed by atoms with E-state index in [0.29, 0.717) is 18.5 Å². The van der Waals surface area contributed by atoms with E-state index >= 15 is 0 Å². The number of rotatable bonds is 4. The van der Waals surface area contributed by atoms with Crippen molar-refractivity contribution in [2.45, 2.75) is 44.1 Å². The number of carbonyl (C=O) groups is 1. The monoisotopic (exact) mass is 429 g/mol. The summed E-state index contributed by atoms with van der Waals surface area (Å²) in [5, 5.41) is 3.09. The molecule has 31 heavy (non-hydrogen) atoms. The third-order valence-corrected chi connectivity index (χ3v) is 6.63. The number of benzene rings is 2. The van der Waals surface area contributed by atoms with Crippen molar-refractivity contribution in [3.8, 4) is 0 Å². The highest BCUT2D eigenvalue weighted by Crippen LogP contribution is 2.40. The van der Waals surface area contributed by atoms with Gasteiger partial charge in [-0.05, 0) is 48.6 Å². The largest absolute Gasteiger partial charge is 0.416 e. The first-order chi connectivity index (χ1) is 14.9. The van der Waals surface area contributed by atoms with Crippen LogP contribution in [0.2, 0.25) is 0 Å². The first-order valence-electron chi connectivity index (χ1n) is 10.9. The van der Waals surface area contributed by atoms with Crippen LogP contribution in [-0.2, 0) is 23.9 Å². The molecular formula is C24H26F3N3O. The fourth-order valence-electron chi connectivity index (χ4n) is 4.88. The molecule has 2 aromatic carbocycles. The predicted molar refractivity (Wildman–Crippen MR) is 113 cm³/mol. The van der Waals surface area contributed by atoms with Gasteiger partial charge in [0.2, 0.25) is 5.91 Å². The summed E-state index contributed by atoms with van der Waals surface area (Å²) < 4.78 is 39.9. The zero-order valence-electron chi connectivity index (χ0n) is 17.2. The van der Waals surface area contributed by atoms with Gasteiger partial charge in [-0.2, -0.15) is 13.2 Å². The summed E-state index contributed by atoms with van der Waals surface area (Å²) in [7, 11) is 0. The second-order valence-corrected chi connectivity index (χ2v) is 8.92. The van der Waals surface area contributed by atoms with Crippen LogP contribution < -0.4 is 10.2 Å². The van der Waals surface area contributed by atoms with E-state index in [2.05, 4.69) is 27.2 Å². The van der Waals surface area contributed by atoms with Crippen molar-refractivity contribution in [3.63, 3.8) is 0 Å². The molecule has 1 aliphatic carbocycles. The fraction of sp³-hybridized carbons (Fsp3) is 0.458. The number of hydrogen-bond donors (Lipinski definition) is 1. The van der Waals surface area contributed by atoms with Gasteiger partial charge in [-0.3, -0.25) is 9.69 Å². The normalized spacial score (nSPS) is 23.8. The molecule has 7 heteroatoms. The maximum atomic E-state index is 13.3. The minimum Gasteiger partial charge on any atom is -0.365 e. The zero-order chi connectivity index (χ0) is 21.6. The van der Waals surface area contributed by atoms with E-state index < -0.39 is 11.7 Å². The number of nitrogens with one attached hydrogen (secondary N) is 1. The Morgan fingerprint density at radius 2 is 1.84 bits per heavy atom. The van der Waals surface area contributed by atoms with Gasteiger partial charge in [0.25, 0.3) is 0 Å². The minimum absolute atomic E-state index is 0.0258. The summed E-state index contributed by atoms with van der Waals surface area (Å²) in [6.07, 6.45) is -2.06. The molecule has 2 aliphatic heterocycles. The summed E-state index contributed by atoms with van der Waals surface area (Å²) in [6.45, 7) is 3.03. The summed E-state index contributed by atoms with van der Waals surface area (Å²) in [5.74, 6) is -0.378. The molecule has 2 fully saturated rings. The Kier molecular flexibility index (Phi) is 5.16. The third-order valence-electron chi connectivity index (χ3n) is 6.63. The molecule has 1 N–H and O–H groups in total. The van der Waals surface area contributed by atoms with Crippen molar-refractivity contribution in [3.05, 3.63) is 65.2 Å². The lowest BCUT2D eigenvalue weighted by Gasteiger charge is -2.49. The quantitative estimate of drug-likeness (QED) is 0.802. The second kappa shape index (κ2) is 7.86. The van der Waals surface area contributed by atoms with Gasteiger partial charge < -0.3 is 10.2 Å². The molecule has 4 nitrogen and oxygen atoms in total. The number of piperazine rings is 1. The van der Waals surface area contributed by atoms with Crippen LogP contribution in [0.4, 0.5) is 18.9 Å². The van der Waals surface area contributed by atoms with Crippen molar-refractivity contribution in [1.82, 2.24) is 10.2 Å². The number of nitrogens with zero attached hydrogens (tertiary/aromatic N) is 2. The Labute approximate surface area is 180 Å². The number of anilines is 1. The van der Waals surface area contributed by atoms with E-state index in [4.69, 9.17) is 0 Å². The number of carbonyl (C=O) groups excluding carboxylic acids is 1. The topological polar surface area (TPSA) is 35.6 Å². The van der Waals surface area contributed by atoms with Crippen molar-refractivity contribution in [2.75, 3.05) is 24.5 Å². The number of hydrogen-bond acceptors (Lipinski definition) is 3. The van der Waals surface area contributed by atoms with Gasteiger partial charge in [-0.1, -0.05) is 30.3 Å². The van der Waals surface area contributed by atoms with Crippen molar-refractivity contribution < 1.29 is 18.0 Å². The molecule has 5 rings (SSSR count). The predicted octanol–water partition coefficient (Wildman–Crippen LogP) is 3.85. The van der Waals surface area contributed by atoms with E-state index in [1.54, 1.807) is 6.07 Å². The summed E-state index contributed by atoms with van der Waals surface area (Å²) >= 11 is 0. The van der Waals surface area contributed by atoms with Crippen molar-refractivity contribution in [2.24, 2.45) is 5.92 Å². The van der Waals surface area contributed by atoms with Crippen LogP contribution in [0.15, 0.2) is 48.5 Å². The van der Waals surface area contributed by atoms with Crippen LogP contribution in [0.5, 0.6) is 0 Å². The Morgan fingerprint density at radius 3 is 2.55 bits per heavy atom. The molecule has 1 amide bonds. The molecule has 0 radical (unpaired) electrons. The molecular weight excluding hydrogens is 403 g/mol. The molecule has 3 aliphatic rings. The van der Waals surface area contributed by atoms with Crippen LogP contribution in [0, 0.1) is 5.92 Å². The van der Waals surface area contributed by atoms with E-state index in [1.165, 1.54) is 11.6 Å². The van der Waals surface area contributed by atoms with Gasteiger partial charge >= 0.3 is 6.18 Å². The molecule has 2 unspecified atom stereocenters. The Bertz CT molecular complexity index is 958. The molecule has 2 heterocycles. The van der Waals surface area contributed by atoms with E-state index in [0.717, 1.165) is 44.2 Å². The average molecular weight is 429 g/mol. The van der Waals surface area contributed by atoms with Gasteiger partial charge in [-0.15, -0.1) is 0 Å².